The van der Waals surface area contributed by atoms with Gasteiger partial charge in [-0.2, -0.15) is 0 Å². The van der Waals surface area contributed by atoms with Gasteiger partial charge in [-0.15, -0.1) is 0 Å². The van der Waals surface area contributed by atoms with E-state index in [1.54, 1.807) is 17.9 Å². The first-order chi connectivity index (χ1) is 14.0. The van der Waals surface area contributed by atoms with Crippen molar-refractivity contribution in [2.75, 3.05) is 19.6 Å². The van der Waals surface area contributed by atoms with Crippen LogP contribution in [0.3, 0.4) is 0 Å². The van der Waals surface area contributed by atoms with Gasteiger partial charge in [-0.3, -0.25) is 14.4 Å². The Kier molecular flexibility index (Phi) is 5.08. The number of aromatic nitrogens is 1. The van der Waals surface area contributed by atoms with Crippen LogP contribution in [0.5, 0.6) is 0 Å². The van der Waals surface area contributed by atoms with Gasteiger partial charge >= 0.3 is 0 Å². The van der Waals surface area contributed by atoms with Crippen LogP contribution in [0.15, 0.2) is 40.9 Å². The minimum atomic E-state index is -0.351. The zero-order valence-corrected chi connectivity index (χ0v) is 16.5. The van der Waals surface area contributed by atoms with E-state index in [1.807, 2.05) is 37.3 Å². The second kappa shape index (κ2) is 7.69. The summed E-state index contributed by atoms with van der Waals surface area (Å²) in [4.78, 5) is 41.9. The average molecular weight is 396 g/mol. The van der Waals surface area contributed by atoms with E-state index in [-0.39, 0.29) is 48.0 Å². The van der Waals surface area contributed by atoms with Gasteiger partial charge in [0, 0.05) is 19.2 Å². The molecule has 3 atom stereocenters. The van der Waals surface area contributed by atoms with E-state index >= 15 is 0 Å². The largest absolute Gasteiger partial charge is 0.361 e. The Balaban J connectivity index is 1.62. The van der Waals surface area contributed by atoms with Crippen molar-refractivity contribution in [1.82, 2.24) is 20.3 Å². The van der Waals surface area contributed by atoms with Crippen molar-refractivity contribution in [3.8, 4) is 0 Å². The molecule has 1 aromatic heterocycles. The molecule has 8 nitrogen and oxygen atoms in total. The lowest BCUT2D eigenvalue weighted by molar-refractivity contribution is -0.139. The zero-order chi connectivity index (χ0) is 20.5. The summed E-state index contributed by atoms with van der Waals surface area (Å²) in [6.45, 7) is 4.46. The number of aryl methyl sites for hydroxylation is 1. The van der Waals surface area contributed by atoms with Crippen LogP contribution in [0.2, 0.25) is 0 Å². The van der Waals surface area contributed by atoms with E-state index in [0.29, 0.717) is 25.3 Å². The lowest BCUT2D eigenvalue weighted by Gasteiger charge is -2.39. The van der Waals surface area contributed by atoms with Gasteiger partial charge in [0.1, 0.15) is 12.3 Å². The summed E-state index contributed by atoms with van der Waals surface area (Å²) in [6, 6.07) is 10.7. The highest BCUT2D eigenvalue weighted by molar-refractivity contribution is 5.96. The lowest BCUT2D eigenvalue weighted by Crippen LogP contribution is -2.56. The molecule has 29 heavy (non-hydrogen) atoms. The number of carbonyl (C=O) groups excluding carboxylic acids is 3. The highest BCUT2D eigenvalue weighted by Crippen LogP contribution is 2.43. The Labute approximate surface area is 168 Å². The van der Waals surface area contributed by atoms with Gasteiger partial charge in [-0.05, 0) is 25.8 Å². The number of hydrogen-bond acceptors (Lipinski definition) is 5. The molecule has 0 spiro atoms. The molecule has 1 N–H and O–H groups in total. The quantitative estimate of drug-likeness (QED) is 0.846. The normalized spacial score (nSPS) is 23.8. The number of nitrogens with zero attached hydrogens (tertiary/aromatic N) is 3. The molecule has 1 aromatic carbocycles. The van der Waals surface area contributed by atoms with Crippen molar-refractivity contribution in [3.05, 3.63) is 53.4 Å². The zero-order valence-electron chi connectivity index (χ0n) is 16.5. The summed E-state index contributed by atoms with van der Waals surface area (Å²) < 4.78 is 4.99. The van der Waals surface area contributed by atoms with E-state index in [0.717, 1.165) is 5.56 Å². The van der Waals surface area contributed by atoms with Crippen LogP contribution < -0.4 is 5.32 Å². The second-order valence-electron chi connectivity index (χ2n) is 7.56. The van der Waals surface area contributed by atoms with Crippen LogP contribution in [0.4, 0.5) is 0 Å². The van der Waals surface area contributed by atoms with E-state index < -0.39 is 0 Å². The van der Waals surface area contributed by atoms with E-state index in [1.165, 1.54) is 4.90 Å². The summed E-state index contributed by atoms with van der Waals surface area (Å²) in [5, 5.41) is 6.67. The molecule has 8 heteroatoms. The van der Waals surface area contributed by atoms with Crippen molar-refractivity contribution in [2.45, 2.75) is 32.4 Å². The molecule has 2 aliphatic heterocycles. The van der Waals surface area contributed by atoms with Crippen molar-refractivity contribution in [1.29, 1.82) is 0 Å². The van der Waals surface area contributed by atoms with Crippen LogP contribution >= 0.6 is 0 Å². The number of benzene rings is 1. The monoisotopic (exact) mass is 396 g/mol. The van der Waals surface area contributed by atoms with Crippen molar-refractivity contribution in [3.63, 3.8) is 0 Å². The minimum Gasteiger partial charge on any atom is -0.361 e. The molecule has 2 aliphatic rings. The predicted molar refractivity (Wildman–Crippen MR) is 104 cm³/mol. The Bertz CT molecular complexity index is 926. The topological polar surface area (TPSA) is 95.7 Å². The third-order valence-corrected chi connectivity index (χ3v) is 5.61. The van der Waals surface area contributed by atoms with Gasteiger partial charge in [0.15, 0.2) is 5.69 Å². The summed E-state index contributed by atoms with van der Waals surface area (Å²) in [5.41, 5.74) is 1.13. The molecular formula is C21H24N4O4. The summed E-state index contributed by atoms with van der Waals surface area (Å²) >= 11 is 0. The molecule has 4 rings (SSSR count). The fourth-order valence-corrected chi connectivity index (χ4v) is 4.42. The van der Waals surface area contributed by atoms with Crippen molar-refractivity contribution in [2.24, 2.45) is 5.92 Å². The van der Waals surface area contributed by atoms with Crippen LogP contribution in [0, 0.1) is 12.8 Å². The minimum absolute atomic E-state index is 0.0350. The highest BCUT2D eigenvalue weighted by atomic mass is 16.5. The molecule has 3 amide bonds. The highest BCUT2D eigenvalue weighted by Gasteiger charge is 2.50. The molecule has 0 saturated carbocycles. The smallest absolute Gasteiger partial charge is 0.276 e. The maximum Gasteiger partial charge on any atom is 0.276 e. The number of fused-ring (bicyclic) bond motifs is 1. The van der Waals surface area contributed by atoms with Crippen LogP contribution in [0.25, 0.3) is 0 Å². The van der Waals surface area contributed by atoms with Gasteiger partial charge in [-0.25, -0.2) is 0 Å². The number of nitrogens with one attached hydrogen (secondary N) is 1. The SMILES string of the molecule is CCNC(=O)[C@@H]1C[C@@H]2CN(C(=O)c3cc(C)on3)CC(=O)N2[C@@H]1c1ccccc1. The predicted octanol–water partition coefficient (Wildman–Crippen LogP) is 1.53. The molecule has 0 bridgehead atoms. The Hall–Kier alpha value is -3.16. The van der Waals surface area contributed by atoms with E-state index in [9.17, 15) is 14.4 Å². The Morgan fingerprint density at radius 2 is 2.03 bits per heavy atom. The molecule has 2 aromatic rings. The molecule has 0 aliphatic carbocycles. The summed E-state index contributed by atoms with van der Waals surface area (Å²) in [6.07, 6.45) is 0.513. The van der Waals surface area contributed by atoms with Gasteiger partial charge in [-0.1, -0.05) is 35.5 Å². The van der Waals surface area contributed by atoms with Crippen molar-refractivity contribution >= 4 is 17.7 Å². The maximum atomic E-state index is 13.1. The fourth-order valence-electron chi connectivity index (χ4n) is 4.42. The number of amides is 3. The van der Waals surface area contributed by atoms with Crippen LogP contribution in [-0.2, 0) is 9.59 Å². The molecule has 152 valence electrons. The fraction of sp³-hybridized carbons (Fsp3) is 0.429. The van der Waals surface area contributed by atoms with E-state index in [4.69, 9.17) is 4.52 Å². The molecule has 2 fully saturated rings. The van der Waals surface area contributed by atoms with Crippen LogP contribution in [-0.4, -0.2) is 58.4 Å². The number of piperazine rings is 1. The third kappa shape index (κ3) is 3.50. The van der Waals surface area contributed by atoms with Gasteiger partial charge < -0.3 is 19.6 Å². The van der Waals surface area contributed by atoms with Gasteiger partial charge in [0.25, 0.3) is 5.91 Å². The maximum absolute atomic E-state index is 13.1. The van der Waals surface area contributed by atoms with Crippen molar-refractivity contribution < 1.29 is 18.9 Å². The number of hydrogen-bond donors (Lipinski definition) is 1. The standard InChI is InChI=1S/C21H24N4O4/c1-3-22-20(27)16-10-15-11-24(21(28)17-9-13(2)29-23-17)12-18(26)25(15)19(16)14-7-5-4-6-8-14/h4-9,15-16,19H,3,10-12H2,1-2H3,(H,22,27)/t15-,16-,19-/m1/s1. The number of carbonyl (C=O) groups is 3. The average Bonchev–Trinajstić information content (AvgIpc) is 3.32. The molecule has 0 unspecified atom stereocenters. The van der Waals surface area contributed by atoms with E-state index in [2.05, 4.69) is 10.5 Å². The molecular weight excluding hydrogens is 372 g/mol. The lowest BCUT2D eigenvalue weighted by atomic mass is 9.92. The molecule has 0 radical (unpaired) electrons. The first-order valence-electron chi connectivity index (χ1n) is 9.86. The molecule has 2 saturated heterocycles. The molecule has 3 heterocycles. The number of rotatable bonds is 4. The third-order valence-electron chi connectivity index (χ3n) is 5.61. The van der Waals surface area contributed by atoms with Gasteiger partial charge in [0.2, 0.25) is 11.8 Å². The van der Waals surface area contributed by atoms with Crippen LogP contribution in [0.1, 0.15) is 41.2 Å². The second-order valence-corrected chi connectivity index (χ2v) is 7.56. The first kappa shape index (κ1) is 19.2. The first-order valence-corrected chi connectivity index (χ1v) is 9.86. The summed E-state index contributed by atoms with van der Waals surface area (Å²) in [5.74, 6) is -0.355. The van der Waals surface area contributed by atoms with Gasteiger partial charge in [0.05, 0.1) is 18.0 Å². The summed E-state index contributed by atoms with van der Waals surface area (Å²) in [7, 11) is 0. The Morgan fingerprint density at radius 1 is 1.28 bits per heavy atom. The Morgan fingerprint density at radius 3 is 2.69 bits per heavy atom.